The van der Waals surface area contributed by atoms with Crippen LogP contribution in [0, 0.1) is 6.92 Å². The van der Waals surface area contributed by atoms with Crippen LogP contribution in [0.5, 0.6) is 0 Å². The van der Waals surface area contributed by atoms with Crippen LogP contribution in [-0.4, -0.2) is 21.6 Å². The van der Waals surface area contributed by atoms with Crippen LogP contribution in [0.2, 0.25) is 0 Å². The predicted molar refractivity (Wildman–Crippen MR) is 154 cm³/mol. The van der Waals surface area contributed by atoms with Gasteiger partial charge in [-0.1, -0.05) is 58.4 Å². The third-order valence-electron chi connectivity index (χ3n) is 7.46. The van der Waals surface area contributed by atoms with Crippen molar-refractivity contribution in [3.63, 3.8) is 0 Å². The van der Waals surface area contributed by atoms with Crippen LogP contribution >= 0.6 is 15.9 Å². The average Bonchev–Trinajstić information content (AvgIpc) is 3.18. The maximum atomic E-state index is 13.2. The molecule has 0 saturated heterocycles. The number of carboxylic acids is 1. The Morgan fingerprint density at radius 1 is 0.947 bits per heavy atom. The summed E-state index contributed by atoms with van der Waals surface area (Å²) in [6.07, 6.45) is 0. The van der Waals surface area contributed by atoms with Crippen LogP contribution in [0.15, 0.2) is 89.4 Å². The fraction of sp³-hybridized carbons (Fsp3) is 0.125. The molecule has 1 atom stereocenters. The number of fused-ring (bicyclic) bond motifs is 8. The fourth-order valence-corrected chi connectivity index (χ4v) is 5.76. The van der Waals surface area contributed by atoms with Crippen molar-refractivity contribution in [2.24, 2.45) is 0 Å². The molecule has 1 aliphatic heterocycles. The van der Waals surface area contributed by atoms with E-state index in [-0.39, 0.29) is 17.5 Å². The second kappa shape index (κ2) is 9.30. The van der Waals surface area contributed by atoms with E-state index in [2.05, 4.69) is 37.9 Å². The molecule has 188 valence electrons. The summed E-state index contributed by atoms with van der Waals surface area (Å²) in [5, 5.41) is 14.0. The zero-order chi connectivity index (χ0) is 26.6. The number of halogens is 1. The molecule has 6 heteroatoms. The Morgan fingerprint density at radius 3 is 2.47 bits per heavy atom. The standard InChI is InChI=1S/C32H25BrN2O3/c1-18-27-16-22(31(36)34-19(2)20-7-11-24(33)12-8-20)10-14-29(27)35-17-23-5-3-4-6-25(23)21-9-13-26(32(37)38)28(15-21)30(18)35/h3-16,19H,17H2,1-2H3,(H,34,36)(H,37,38)/t19-/m0/s1. The summed E-state index contributed by atoms with van der Waals surface area (Å²) in [6.45, 7) is 4.57. The molecule has 0 radical (unpaired) electrons. The number of aromatic carboxylic acids is 1. The molecule has 2 bridgehead atoms. The monoisotopic (exact) mass is 564 g/mol. The number of nitrogens with one attached hydrogen (secondary N) is 1. The first-order valence-corrected chi connectivity index (χ1v) is 13.3. The van der Waals surface area contributed by atoms with Crippen molar-refractivity contribution < 1.29 is 14.7 Å². The van der Waals surface area contributed by atoms with E-state index in [0.29, 0.717) is 17.7 Å². The van der Waals surface area contributed by atoms with Crippen LogP contribution in [0.4, 0.5) is 0 Å². The van der Waals surface area contributed by atoms with E-state index < -0.39 is 5.97 Å². The molecule has 2 N–H and O–H groups in total. The number of benzene rings is 4. The summed E-state index contributed by atoms with van der Waals surface area (Å²) in [5.41, 5.74) is 8.57. The Labute approximate surface area is 228 Å². The second-order valence-electron chi connectivity index (χ2n) is 9.76. The summed E-state index contributed by atoms with van der Waals surface area (Å²) < 4.78 is 3.17. The molecular weight excluding hydrogens is 540 g/mol. The summed E-state index contributed by atoms with van der Waals surface area (Å²) in [6, 6.07) is 27.3. The molecule has 0 fully saturated rings. The number of aromatic nitrogens is 1. The van der Waals surface area contributed by atoms with Gasteiger partial charge in [-0.2, -0.15) is 0 Å². The van der Waals surface area contributed by atoms with Crippen molar-refractivity contribution in [3.8, 4) is 22.4 Å². The lowest BCUT2D eigenvalue weighted by Crippen LogP contribution is -2.26. The van der Waals surface area contributed by atoms with E-state index in [1.807, 2.05) is 80.6 Å². The Balaban J connectivity index is 1.47. The highest BCUT2D eigenvalue weighted by molar-refractivity contribution is 9.10. The molecule has 1 aliphatic rings. The quantitative estimate of drug-likeness (QED) is 0.231. The minimum Gasteiger partial charge on any atom is -0.478 e. The molecule has 2 heterocycles. The summed E-state index contributed by atoms with van der Waals surface area (Å²) in [5.74, 6) is -1.11. The van der Waals surface area contributed by atoms with Crippen LogP contribution < -0.4 is 5.32 Å². The van der Waals surface area contributed by atoms with Gasteiger partial charge in [0.05, 0.1) is 17.3 Å². The van der Waals surface area contributed by atoms with Crippen molar-refractivity contribution in [1.29, 1.82) is 0 Å². The molecule has 38 heavy (non-hydrogen) atoms. The highest BCUT2D eigenvalue weighted by Crippen LogP contribution is 2.41. The molecule has 1 amide bonds. The van der Waals surface area contributed by atoms with Crippen molar-refractivity contribution in [2.45, 2.75) is 26.4 Å². The molecule has 6 rings (SSSR count). The fourth-order valence-electron chi connectivity index (χ4n) is 5.49. The number of nitrogens with zero attached hydrogens (tertiary/aromatic N) is 1. The first-order chi connectivity index (χ1) is 18.3. The van der Waals surface area contributed by atoms with Gasteiger partial charge in [0, 0.05) is 33.0 Å². The summed E-state index contributed by atoms with van der Waals surface area (Å²) >= 11 is 3.45. The lowest BCUT2D eigenvalue weighted by molar-refractivity contribution is 0.0697. The lowest BCUT2D eigenvalue weighted by Gasteiger charge is -2.21. The van der Waals surface area contributed by atoms with E-state index in [1.54, 1.807) is 6.07 Å². The molecule has 5 aromatic rings. The normalized spacial score (nSPS) is 12.7. The van der Waals surface area contributed by atoms with Gasteiger partial charge >= 0.3 is 5.97 Å². The first kappa shape index (κ1) is 24.2. The van der Waals surface area contributed by atoms with E-state index in [0.717, 1.165) is 48.9 Å². The van der Waals surface area contributed by atoms with E-state index in [4.69, 9.17) is 0 Å². The van der Waals surface area contributed by atoms with Crippen molar-refractivity contribution in [2.75, 3.05) is 0 Å². The highest BCUT2D eigenvalue weighted by atomic mass is 79.9. The zero-order valence-electron chi connectivity index (χ0n) is 21.0. The van der Waals surface area contributed by atoms with Crippen molar-refractivity contribution in [3.05, 3.63) is 117 Å². The van der Waals surface area contributed by atoms with Gasteiger partial charge < -0.3 is 15.0 Å². The minimum absolute atomic E-state index is 0.154. The van der Waals surface area contributed by atoms with Gasteiger partial charge in [-0.3, -0.25) is 4.79 Å². The zero-order valence-corrected chi connectivity index (χ0v) is 22.5. The number of rotatable bonds is 4. The number of aryl methyl sites for hydroxylation is 1. The van der Waals surface area contributed by atoms with Gasteiger partial charge in [0.2, 0.25) is 0 Å². The van der Waals surface area contributed by atoms with Crippen LogP contribution in [0.25, 0.3) is 33.3 Å². The Morgan fingerprint density at radius 2 is 1.71 bits per heavy atom. The molecular formula is C32H25BrN2O3. The first-order valence-electron chi connectivity index (χ1n) is 12.5. The third-order valence-corrected chi connectivity index (χ3v) is 7.99. The Hall–Kier alpha value is -4.16. The van der Waals surface area contributed by atoms with Gasteiger partial charge in [0.15, 0.2) is 0 Å². The Bertz CT molecular complexity index is 1750. The molecule has 4 aromatic carbocycles. The number of carbonyl (C=O) groups excluding carboxylic acids is 1. The second-order valence-corrected chi connectivity index (χ2v) is 10.7. The van der Waals surface area contributed by atoms with Gasteiger partial charge in [0.25, 0.3) is 5.91 Å². The predicted octanol–water partition coefficient (Wildman–Crippen LogP) is 7.60. The van der Waals surface area contributed by atoms with Crippen LogP contribution in [0.3, 0.4) is 0 Å². The van der Waals surface area contributed by atoms with Gasteiger partial charge in [-0.05, 0) is 84.1 Å². The van der Waals surface area contributed by atoms with Crippen molar-refractivity contribution in [1.82, 2.24) is 9.88 Å². The Kier molecular flexibility index (Phi) is 5.92. The minimum atomic E-state index is -0.960. The summed E-state index contributed by atoms with van der Waals surface area (Å²) in [7, 11) is 0. The van der Waals surface area contributed by atoms with Gasteiger partial charge in [-0.25, -0.2) is 4.79 Å². The third kappa shape index (κ3) is 4.02. The maximum Gasteiger partial charge on any atom is 0.336 e. The number of hydrogen-bond acceptors (Lipinski definition) is 2. The van der Waals surface area contributed by atoms with Gasteiger partial charge in [0.1, 0.15) is 0 Å². The number of amides is 1. The van der Waals surface area contributed by atoms with Gasteiger partial charge in [-0.15, -0.1) is 0 Å². The van der Waals surface area contributed by atoms with Crippen LogP contribution in [-0.2, 0) is 6.54 Å². The smallest absolute Gasteiger partial charge is 0.336 e. The maximum absolute atomic E-state index is 13.2. The topological polar surface area (TPSA) is 71.3 Å². The number of carboxylic acid groups (broad SMARTS) is 1. The highest BCUT2D eigenvalue weighted by Gasteiger charge is 2.25. The summed E-state index contributed by atoms with van der Waals surface area (Å²) in [4.78, 5) is 25.5. The van der Waals surface area contributed by atoms with E-state index in [1.165, 1.54) is 0 Å². The molecule has 0 unspecified atom stereocenters. The van der Waals surface area contributed by atoms with Crippen LogP contribution in [0.1, 0.15) is 50.4 Å². The number of carbonyl (C=O) groups is 2. The molecule has 0 spiro atoms. The largest absolute Gasteiger partial charge is 0.478 e. The SMILES string of the molecule is Cc1c2n(c3ccc(C(=O)N[C@@H](C)c4ccc(Br)cc4)cc13)Cc1ccccc1-c1ccc(C(=O)O)c-2c1. The molecule has 1 aromatic heterocycles. The van der Waals surface area contributed by atoms with Crippen molar-refractivity contribution >= 4 is 38.7 Å². The average molecular weight is 565 g/mol. The molecule has 5 nitrogen and oxygen atoms in total. The van der Waals surface area contributed by atoms with E-state index in [9.17, 15) is 14.7 Å². The molecule has 0 saturated carbocycles. The lowest BCUT2D eigenvalue weighted by atomic mass is 9.91. The van der Waals surface area contributed by atoms with E-state index >= 15 is 0 Å². The number of hydrogen-bond donors (Lipinski definition) is 2. The molecule has 0 aliphatic carbocycles.